The molecule has 0 unspecified atom stereocenters. The van der Waals surface area contributed by atoms with E-state index in [-0.39, 0.29) is 0 Å². The van der Waals surface area contributed by atoms with Crippen LogP contribution in [0.3, 0.4) is 0 Å². The van der Waals surface area contributed by atoms with Crippen molar-refractivity contribution in [2.45, 2.75) is 13.3 Å². The van der Waals surface area contributed by atoms with Crippen molar-refractivity contribution in [3.63, 3.8) is 0 Å². The summed E-state index contributed by atoms with van der Waals surface area (Å²) in [5.41, 5.74) is 6.57. The highest BCUT2D eigenvalue weighted by molar-refractivity contribution is 7.80. The van der Waals surface area contributed by atoms with Crippen molar-refractivity contribution in [2.75, 3.05) is 25.1 Å². The van der Waals surface area contributed by atoms with Gasteiger partial charge in [-0.3, -0.25) is 0 Å². The van der Waals surface area contributed by atoms with Crippen LogP contribution in [-0.4, -0.2) is 30.2 Å². The maximum absolute atomic E-state index is 5.50. The van der Waals surface area contributed by atoms with Crippen LogP contribution >= 0.6 is 12.2 Å². The van der Waals surface area contributed by atoms with Crippen molar-refractivity contribution >= 4 is 22.9 Å². The van der Waals surface area contributed by atoms with Crippen molar-refractivity contribution in [1.29, 1.82) is 0 Å². The number of hydrogen-bond acceptors (Lipinski definition) is 4. The summed E-state index contributed by atoms with van der Waals surface area (Å²) in [7, 11) is 1.61. The summed E-state index contributed by atoms with van der Waals surface area (Å²) >= 11 is 4.87. The fraction of sp³-hybridized carbons (Fsp3) is 0.455. The molecule has 0 saturated carbocycles. The summed E-state index contributed by atoms with van der Waals surface area (Å²) in [5, 5.41) is 0. The van der Waals surface area contributed by atoms with Crippen LogP contribution in [0.4, 0.5) is 5.69 Å². The first-order chi connectivity index (χ1) is 7.67. The van der Waals surface area contributed by atoms with Crippen LogP contribution < -0.4 is 15.4 Å². The lowest BCUT2D eigenvalue weighted by molar-refractivity contribution is 0.398. The van der Waals surface area contributed by atoms with E-state index in [9.17, 15) is 0 Å². The number of hydrogen-bond donors (Lipinski definition) is 1. The molecule has 0 aliphatic rings. The van der Waals surface area contributed by atoms with E-state index >= 15 is 0 Å². The second-order valence-electron chi connectivity index (χ2n) is 3.35. The Morgan fingerprint density at radius 3 is 2.94 bits per heavy atom. The SMILES string of the molecule is CCN(CCC(N)=S)c1ccnc(OC)c1. The van der Waals surface area contributed by atoms with Gasteiger partial charge in [-0.1, -0.05) is 12.2 Å². The van der Waals surface area contributed by atoms with Gasteiger partial charge in [0.2, 0.25) is 5.88 Å². The van der Waals surface area contributed by atoms with E-state index in [0.717, 1.165) is 18.8 Å². The van der Waals surface area contributed by atoms with Crippen LogP contribution in [0.25, 0.3) is 0 Å². The van der Waals surface area contributed by atoms with E-state index in [1.807, 2.05) is 12.1 Å². The summed E-state index contributed by atoms with van der Waals surface area (Å²) in [6, 6.07) is 3.86. The first-order valence-corrected chi connectivity index (χ1v) is 5.61. The molecule has 4 nitrogen and oxygen atoms in total. The van der Waals surface area contributed by atoms with Gasteiger partial charge >= 0.3 is 0 Å². The lowest BCUT2D eigenvalue weighted by Crippen LogP contribution is -2.27. The zero-order chi connectivity index (χ0) is 12.0. The second-order valence-corrected chi connectivity index (χ2v) is 3.88. The number of ether oxygens (including phenoxy) is 1. The Morgan fingerprint density at radius 1 is 1.62 bits per heavy atom. The van der Waals surface area contributed by atoms with Gasteiger partial charge in [0.05, 0.1) is 12.1 Å². The number of nitrogens with two attached hydrogens (primary N) is 1. The highest BCUT2D eigenvalue weighted by atomic mass is 32.1. The summed E-state index contributed by atoms with van der Waals surface area (Å²) in [4.78, 5) is 6.80. The Kier molecular flexibility index (Phi) is 4.98. The van der Waals surface area contributed by atoms with E-state index in [1.165, 1.54) is 0 Å². The Morgan fingerprint density at radius 2 is 2.38 bits per heavy atom. The smallest absolute Gasteiger partial charge is 0.214 e. The van der Waals surface area contributed by atoms with Crippen LogP contribution in [0.5, 0.6) is 5.88 Å². The Hall–Kier alpha value is -1.36. The van der Waals surface area contributed by atoms with Gasteiger partial charge in [-0.25, -0.2) is 4.98 Å². The maximum Gasteiger partial charge on any atom is 0.214 e. The molecule has 0 bridgehead atoms. The van der Waals surface area contributed by atoms with E-state index in [1.54, 1.807) is 13.3 Å². The molecule has 0 amide bonds. The van der Waals surface area contributed by atoms with Gasteiger partial charge in [0.1, 0.15) is 0 Å². The molecule has 0 aromatic carbocycles. The maximum atomic E-state index is 5.50. The summed E-state index contributed by atoms with van der Waals surface area (Å²) in [5.74, 6) is 0.617. The number of methoxy groups -OCH3 is 1. The lowest BCUT2D eigenvalue weighted by atomic mass is 10.3. The fourth-order valence-electron chi connectivity index (χ4n) is 1.42. The zero-order valence-electron chi connectivity index (χ0n) is 9.64. The molecule has 0 spiro atoms. The fourth-order valence-corrected chi connectivity index (χ4v) is 1.51. The van der Waals surface area contributed by atoms with E-state index in [4.69, 9.17) is 22.7 Å². The minimum absolute atomic E-state index is 0.541. The van der Waals surface area contributed by atoms with E-state index < -0.39 is 0 Å². The van der Waals surface area contributed by atoms with Gasteiger partial charge in [0, 0.05) is 37.5 Å². The average Bonchev–Trinajstić information content (AvgIpc) is 2.30. The topological polar surface area (TPSA) is 51.4 Å². The number of rotatable bonds is 6. The van der Waals surface area contributed by atoms with Crippen LogP contribution in [0.15, 0.2) is 18.3 Å². The molecule has 0 radical (unpaired) electrons. The van der Waals surface area contributed by atoms with Gasteiger partial charge in [-0.05, 0) is 13.0 Å². The predicted octanol–water partition coefficient (Wildman–Crippen LogP) is 1.59. The summed E-state index contributed by atoms with van der Waals surface area (Å²) in [6.45, 7) is 3.81. The van der Waals surface area contributed by atoms with Gasteiger partial charge in [-0.15, -0.1) is 0 Å². The molecule has 1 aromatic heterocycles. The van der Waals surface area contributed by atoms with E-state index in [0.29, 0.717) is 17.3 Å². The minimum atomic E-state index is 0.541. The Labute approximate surface area is 101 Å². The monoisotopic (exact) mass is 239 g/mol. The number of aromatic nitrogens is 1. The highest BCUT2D eigenvalue weighted by Gasteiger charge is 2.06. The average molecular weight is 239 g/mol. The van der Waals surface area contributed by atoms with E-state index in [2.05, 4.69) is 16.8 Å². The van der Waals surface area contributed by atoms with Crippen molar-refractivity contribution in [1.82, 2.24) is 4.98 Å². The molecule has 0 fully saturated rings. The molecular formula is C11H17N3OS. The number of anilines is 1. The standard InChI is InChI=1S/C11H17N3OS/c1-3-14(7-5-10(12)16)9-4-6-13-11(8-9)15-2/h4,6,8H,3,5,7H2,1-2H3,(H2,12,16). The summed E-state index contributed by atoms with van der Waals surface area (Å²) < 4.78 is 5.09. The zero-order valence-corrected chi connectivity index (χ0v) is 10.5. The third-order valence-electron chi connectivity index (χ3n) is 2.30. The molecular weight excluding hydrogens is 222 g/mol. The van der Waals surface area contributed by atoms with Crippen molar-refractivity contribution < 1.29 is 4.74 Å². The Balaban J connectivity index is 2.73. The molecule has 1 heterocycles. The van der Waals surface area contributed by atoms with Gasteiger partial charge in [0.25, 0.3) is 0 Å². The summed E-state index contributed by atoms with van der Waals surface area (Å²) in [6.07, 6.45) is 2.45. The molecule has 5 heteroatoms. The third-order valence-corrected chi connectivity index (χ3v) is 2.51. The third kappa shape index (κ3) is 3.66. The van der Waals surface area contributed by atoms with Crippen LogP contribution in [0.1, 0.15) is 13.3 Å². The minimum Gasteiger partial charge on any atom is -0.481 e. The predicted molar refractivity (Wildman–Crippen MR) is 70.1 cm³/mol. The van der Waals surface area contributed by atoms with Crippen molar-refractivity contribution in [2.24, 2.45) is 5.73 Å². The molecule has 0 atom stereocenters. The van der Waals surface area contributed by atoms with Crippen molar-refractivity contribution in [3.05, 3.63) is 18.3 Å². The molecule has 2 N–H and O–H groups in total. The number of pyridine rings is 1. The highest BCUT2D eigenvalue weighted by Crippen LogP contribution is 2.18. The van der Waals surface area contributed by atoms with Crippen molar-refractivity contribution in [3.8, 4) is 5.88 Å². The lowest BCUT2D eigenvalue weighted by Gasteiger charge is -2.22. The van der Waals surface area contributed by atoms with Gasteiger partial charge < -0.3 is 15.4 Å². The van der Waals surface area contributed by atoms with Crippen LogP contribution in [0.2, 0.25) is 0 Å². The quantitative estimate of drug-likeness (QED) is 0.764. The second kappa shape index (κ2) is 6.27. The largest absolute Gasteiger partial charge is 0.481 e. The number of nitrogens with zero attached hydrogens (tertiary/aromatic N) is 2. The Bertz CT molecular complexity index is 357. The van der Waals surface area contributed by atoms with Crippen LogP contribution in [0, 0.1) is 0 Å². The van der Waals surface area contributed by atoms with Gasteiger partial charge in [0.15, 0.2) is 0 Å². The first kappa shape index (κ1) is 12.7. The molecule has 0 saturated heterocycles. The molecule has 1 rings (SSSR count). The molecule has 16 heavy (non-hydrogen) atoms. The molecule has 1 aromatic rings. The normalized spacial score (nSPS) is 9.88. The molecule has 0 aliphatic heterocycles. The van der Waals surface area contributed by atoms with Gasteiger partial charge in [-0.2, -0.15) is 0 Å². The molecule has 0 aliphatic carbocycles. The van der Waals surface area contributed by atoms with Crippen LogP contribution in [-0.2, 0) is 0 Å². The number of thiocarbonyl (C=S) groups is 1. The molecule has 88 valence electrons. The first-order valence-electron chi connectivity index (χ1n) is 5.20.